The second-order valence-corrected chi connectivity index (χ2v) is 3.05. The molecule has 1 aliphatic carbocycles. The maximum absolute atomic E-state index is 5.53. The van der Waals surface area contributed by atoms with E-state index < -0.39 is 0 Å². The predicted molar refractivity (Wildman–Crippen MR) is 30.2 cm³/mol. The van der Waals surface area contributed by atoms with E-state index in [0.717, 1.165) is 13.0 Å². The van der Waals surface area contributed by atoms with Gasteiger partial charge in [-0.25, -0.2) is 0 Å². The third-order valence-corrected chi connectivity index (χ3v) is 2.19. The van der Waals surface area contributed by atoms with Crippen molar-refractivity contribution in [2.24, 2.45) is 11.1 Å². The van der Waals surface area contributed by atoms with Gasteiger partial charge in [-0.15, -0.1) is 0 Å². The minimum Gasteiger partial charge on any atom is -0.363 e. The lowest BCUT2D eigenvalue weighted by Gasteiger charge is -1.97. The van der Waals surface area contributed by atoms with Gasteiger partial charge in [-0.3, -0.25) is 0 Å². The number of rotatable bonds is 0. The van der Waals surface area contributed by atoms with Gasteiger partial charge in [0.25, 0.3) is 0 Å². The van der Waals surface area contributed by atoms with Crippen molar-refractivity contribution < 1.29 is 4.74 Å². The Kier molecular flexibility index (Phi) is 0.746. The van der Waals surface area contributed by atoms with E-state index >= 15 is 0 Å². The molecule has 0 aromatic carbocycles. The molecule has 2 fully saturated rings. The average molecular weight is 113 g/mol. The van der Waals surface area contributed by atoms with Crippen molar-refractivity contribution in [3.63, 3.8) is 0 Å². The summed E-state index contributed by atoms with van der Waals surface area (Å²) >= 11 is 0. The van der Waals surface area contributed by atoms with Crippen LogP contribution in [0, 0.1) is 5.41 Å². The zero-order valence-electron chi connectivity index (χ0n) is 4.89. The number of hydrogen-bond acceptors (Lipinski definition) is 2. The normalized spacial score (nSPS) is 40.9. The maximum atomic E-state index is 5.53. The van der Waals surface area contributed by atoms with Crippen molar-refractivity contribution in [1.82, 2.24) is 0 Å². The van der Waals surface area contributed by atoms with Crippen LogP contribution in [-0.4, -0.2) is 12.8 Å². The van der Waals surface area contributed by atoms with Gasteiger partial charge in [0.15, 0.2) is 0 Å². The van der Waals surface area contributed by atoms with Crippen molar-refractivity contribution in [2.75, 3.05) is 6.61 Å². The number of ether oxygens (including phenoxy) is 1. The van der Waals surface area contributed by atoms with Gasteiger partial charge < -0.3 is 10.5 Å². The van der Waals surface area contributed by atoms with Gasteiger partial charge in [0.05, 0.1) is 6.61 Å². The van der Waals surface area contributed by atoms with Gasteiger partial charge in [0.2, 0.25) is 0 Å². The van der Waals surface area contributed by atoms with Crippen LogP contribution >= 0.6 is 0 Å². The van der Waals surface area contributed by atoms with E-state index in [9.17, 15) is 0 Å². The predicted octanol–water partition coefficient (Wildman–Crippen LogP) is 0.472. The largest absolute Gasteiger partial charge is 0.363 e. The number of nitrogens with two attached hydrogens (primary N) is 1. The molecule has 1 heterocycles. The highest BCUT2D eigenvalue weighted by Crippen LogP contribution is 2.52. The smallest absolute Gasteiger partial charge is 0.106 e. The van der Waals surface area contributed by atoms with E-state index in [2.05, 4.69) is 0 Å². The summed E-state index contributed by atoms with van der Waals surface area (Å²) in [6, 6.07) is 0. The third-order valence-electron chi connectivity index (χ3n) is 2.19. The molecule has 2 heteroatoms. The van der Waals surface area contributed by atoms with Gasteiger partial charge in [-0.1, -0.05) is 0 Å². The van der Waals surface area contributed by atoms with Crippen LogP contribution in [0.1, 0.15) is 19.3 Å². The summed E-state index contributed by atoms with van der Waals surface area (Å²) in [5, 5.41) is 0. The van der Waals surface area contributed by atoms with Gasteiger partial charge in [0.1, 0.15) is 6.23 Å². The molecule has 46 valence electrons. The highest BCUT2D eigenvalue weighted by Gasteiger charge is 2.48. The fourth-order valence-corrected chi connectivity index (χ4v) is 1.35. The van der Waals surface area contributed by atoms with Crippen LogP contribution in [0.5, 0.6) is 0 Å². The summed E-state index contributed by atoms with van der Waals surface area (Å²) in [5.41, 5.74) is 6.10. The van der Waals surface area contributed by atoms with E-state index in [1.807, 2.05) is 0 Å². The standard InChI is InChI=1S/C6H11NO/c7-5-3-6(1-2-6)4-8-5/h5H,1-4,7H2. The molecule has 0 bridgehead atoms. The van der Waals surface area contributed by atoms with E-state index in [1.54, 1.807) is 0 Å². The molecular formula is C6H11NO. The SMILES string of the molecule is NC1CC2(CC2)CO1. The molecule has 0 radical (unpaired) electrons. The summed E-state index contributed by atoms with van der Waals surface area (Å²) in [6.07, 6.45) is 3.85. The van der Waals surface area contributed by atoms with Crippen molar-refractivity contribution in [3.8, 4) is 0 Å². The summed E-state index contributed by atoms with van der Waals surface area (Å²) in [7, 11) is 0. The Morgan fingerprint density at radius 3 is 2.50 bits per heavy atom. The topological polar surface area (TPSA) is 35.2 Å². The Morgan fingerprint density at radius 1 is 1.50 bits per heavy atom. The summed E-state index contributed by atoms with van der Waals surface area (Å²) in [6.45, 7) is 0.925. The molecule has 0 amide bonds. The Morgan fingerprint density at radius 2 is 2.25 bits per heavy atom. The minimum absolute atomic E-state index is 0.0532. The summed E-state index contributed by atoms with van der Waals surface area (Å²) < 4.78 is 5.21. The Labute approximate surface area is 49.0 Å². The lowest BCUT2D eigenvalue weighted by atomic mass is 10.1. The molecule has 8 heavy (non-hydrogen) atoms. The molecule has 0 aromatic heterocycles. The quantitative estimate of drug-likeness (QED) is 0.495. The molecule has 1 saturated carbocycles. The van der Waals surface area contributed by atoms with E-state index in [4.69, 9.17) is 10.5 Å². The van der Waals surface area contributed by atoms with E-state index in [0.29, 0.717) is 5.41 Å². The first-order valence-corrected chi connectivity index (χ1v) is 3.18. The molecule has 2 rings (SSSR count). The molecular weight excluding hydrogens is 102 g/mol. The van der Waals surface area contributed by atoms with Crippen LogP contribution in [0.15, 0.2) is 0 Å². The fourth-order valence-electron chi connectivity index (χ4n) is 1.35. The average Bonchev–Trinajstić information content (AvgIpc) is 2.34. The molecule has 1 unspecified atom stereocenters. The fraction of sp³-hybridized carbons (Fsp3) is 1.00. The van der Waals surface area contributed by atoms with Crippen LogP contribution in [0.3, 0.4) is 0 Å². The van der Waals surface area contributed by atoms with Gasteiger partial charge in [-0.05, 0) is 24.7 Å². The molecule has 2 N–H and O–H groups in total. The first-order valence-electron chi connectivity index (χ1n) is 3.18. The summed E-state index contributed by atoms with van der Waals surface area (Å²) in [4.78, 5) is 0. The third kappa shape index (κ3) is 0.565. The molecule has 1 atom stereocenters. The zero-order chi connectivity index (χ0) is 5.61. The Hall–Kier alpha value is -0.0800. The van der Waals surface area contributed by atoms with Gasteiger partial charge in [-0.2, -0.15) is 0 Å². The van der Waals surface area contributed by atoms with Crippen LogP contribution in [-0.2, 0) is 4.74 Å². The highest BCUT2D eigenvalue weighted by atomic mass is 16.5. The maximum Gasteiger partial charge on any atom is 0.106 e. The van der Waals surface area contributed by atoms with E-state index in [1.165, 1.54) is 12.8 Å². The van der Waals surface area contributed by atoms with E-state index in [-0.39, 0.29) is 6.23 Å². The Bertz CT molecular complexity index is 109. The zero-order valence-corrected chi connectivity index (χ0v) is 4.89. The van der Waals surface area contributed by atoms with Gasteiger partial charge in [0, 0.05) is 0 Å². The van der Waals surface area contributed by atoms with Gasteiger partial charge >= 0.3 is 0 Å². The van der Waals surface area contributed by atoms with Crippen LogP contribution < -0.4 is 5.73 Å². The molecule has 0 aromatic rings. The lowest BCUT2D eigenvalue weighted by Crippen LogP contribution is -2.17. The first kappa shape index (κ1) is 4.77. The van der Waals surface area contributed by atoms with Crippen LogP contribution in [0.25, 0.3) is 0 Å². The summed E-state index contributed by atoms with van der Waals surface area (Å²) in [5.74, 6) is 0. The van der Waals surface area contributed by atoms with Crippen LogP contribution in [0.4, 0.5) is 0 Å². The molecule has 1 aliphatic heterocycles. The van der Waals surface area contributed by atoms with Crippen molar-refractivity contribution in [1.29, 1.82) is 0 Å². The highest BCUT2D eigenvalue weighted by molar-refractivity contribution is 4.97. The van der Waals surface area contributed by atoms with Crippen molar-refractivity contribution >= 4 is 0 Å². The molecule has 2 aliphatic rings. The first-order chi connectivity index (χ1) is 3.81. The molecule has 2 nitrogen and oxygen atoms in total. The van der Waals surface area contributed by atoms with Crippen LogP contribution in [0.2, 0.25) is 0 Å². The van der Waals surface area contributed by atoms with Crippen molar-refractivity contribution in [2.45, 2.75) is 25.5 Å². The monoisotopic (exact) mass is 113 g/mol. The Balaban J connectivity index is 2.03. The lowest BCUT2D eigenvalue weighted by molar-refractivity contribution is 0.110. The number of hydrogen-bond donors (Lipinski definition) is 1. The second kappa shape index (κ2) is 1.25. The minimum atomic E-state index is 0.0532. The van der Waals surface area contributed by atoms with Crippen molar-refractivity contribution in [3.05, 3.63) is 0 Å². The molecule has 1 saturated heterocycles. The molecule has 1 spiro atoms. The second-order valence-electron chi connectivity index (χ2n) is 3.05.